The Morgan fingerprint density at radius 2 is 1.79 bits per heavy atom. The zero-order chi connectivity index (χ0) is 20.8. The van der Waals surface area contributed by atoms with E-state index in [0.717, 1.165) is 18.6 Å². The molecule has 0 amide bonds. The van der Waals surface area contributed by atoms with E-state index < -0.39 is 5.60 Å². The Hall–Kier alpha value is -1.61. The first kappa shape index (κ1) is 22.7. The molecule has 0 saturated heterocycles. The summed E-state index contributed by atoms with van der Waals surface area (Å²) in [6.45, 7) is 15.2. The predicted octanol–water partition coefficient (Wildman–Crippen LogP) is 4.38. The average Bonchev–Trinajstić information content (AvgIpc) is 2.55. The van der Waals surface area contributed by atoms with Crippen molar-refractivity contribution in [3.63, 3.8) is 0 Å². The highest BCUT2D eigenvalue weighted by molar-refractivity contribution is 5.33. The minimum atomic E-state index is -0.550. The topological polar surface area (TPSA) is 49.8 Å². The van der Waals surface area contributed by atoms with Crippen LogP contribution in [0.1, 0.15) is 67.0 Å². The van der Waals surface area contributed by atoms with E-state index in [2.05, 4.69) is 37.6 Å². The summed E-state index contributed by atoms with van der Waals surface area (Å²) < 4.78 is 23.2. The lowest BCUT2D eigenvalue weighted by Crippen LogP contribution is -2.43. The molecule has 1 fully saturated rings. The van der Waals surface area contributed by atoms with E-state index in [-0.39, 0.29) is 23.9 Å². The minimum absolute atomic E-state index is 0.101. The van der Waals surface area contributed by atoms with Gasteiger partial charge in [-0.2, -0.15) is 0 Å². The van der Waals surface area contributed by atoms with Crippen molar-refractivity contribution in [2.45, 2.75) is 90.8 Å². The maximum atomic E-state index is 5.95. The number of hydrogen-bond acceptors (Lipinski definition) is 5. The summed E-state index contributed by atoms with van der Waals surface area (Å²) in [5, 5.41) is 0. The fourth-order valence-corrected chi connectivity index (χ4v) is 2.76. The Labute approximate surface area is 170 Å². The lowest BCUT2D eigenvalue weighted by atomic mass is 9.91. The molecule has 0 atom stereocenters. The molecule has 5 heteroatoms. The first-order valence-electron chi connectivity index (χ1n) is 10.1. The van der Waals surface area contributed by atoms with Crippen LogP contribution in [-0.4, -0.2) is 47.7 Å². The zero-order valence-corrected chi connectivity index (χ0v) is 18.4. The molecule has 2 rings (SSSR count). The fourth-order valence-electron chi connectivity index (χ4n) is 2.76. The molecule has 1 aromatic rings. The molecule has 0 unspecified atom stereocenters. The van der Waals surface area contributed by atoms with Crippen LogP contribution in [0.25, 0.3) is 0 Å². The van der Waals surface area contributed by atoms with Crippen LogP contribution < -0.4 is 4.74 Å². The second-order valence-corrected chi connectivity index (χ2v) is 8.97. The molecular weight excluding hydrogens is 354 g/mol. The van der Waals surface area contributed by atoms with E-state index in [1.807, 2.05) is 39.8 Å². The number of hydrogen-bond donors (Lipinski definition) is 0. The van der Waals surface area contributed by atoms with Crippen LogP contribution in [0.4, 0.5) is 0 Å². The Balaban J connectivity index is 1.76. The quantitative estimate of drug-likeness (QED) is 0.488. The van der Waals surface area contributed by atoms with Gasteiger partial charge in [0.05, 0.1) is 37.2 Å². The summed E-state index contributed by atoms with van der Waals surface area (Å²) in [5.74, 6) is 6.97. The van der Waals surface area contributed by atoms with E-state index in [0.29, 0.717) is 18.9 Å². The van der Waals surface area contributed by atoms with Gasteiger partial charge in [-0.3, -0.25) is 0 Å². The lowest BCUT2D eigenvalue weighted by Gasteiger charge is -2.39. The van der Waals surface area contributed by atoms with Crippen LogP contribution in [0.3, 0.4) is 0 Å². The van der Waals surface area contributed by atoms with Gasteiger partial charge in [-0.05, 0) is 66.5 Å². The monoisotopic (exact) mass is 389 g/mol. The van der Waals surface area contributed by atoms with Gasteiger partial charge in [0.25, 0.3) is 0 Å². The highest BCUT2D eigenvalue weighted by atomic mass is 16.5. The third kappa shape index (κ3) is 8.60. The van der Waals surface area contributed by atoms with Crippen LogP contribution in [0.2, 0.25) is 0 Å². The Kier molecular flexibility index (Phi) is 7.88. The van der Waals surface area contributed by atoms with Crippen molar-refractivity contribution < 1.29 is 18.9 Å². The van der Waals surface area contributed by atoms with Crippen molar-refractivity contribution in [3.05, 3.63) is 24.0 Å². The van der Waals surface area contributed by atoms with Crippen molar-refractivity contribution in [2.24, 2.45) is 0 Å². The normalized spacial score (nSPS) is 19.7. The molecule has 0 bridgehead atoms. The van der Waals surface area contributed by atoms with E-state index in [1.54, 1.807) is 6.20 Å². The number of ether oxygens (including phenoxy) is 4. The van der Waals surface area contributed by atoms with Crippen LogP contribution in [-0.2, 0) is 14.2 Å². The summed E-state index contributed by atoms with van der Waals surface area (Å²) in [6, 6.07) is 3.79. The second-order valence-electron chi connectivity index (χ2n) is 8.97. The molecule has 0 radical (unpaired) electrons. The Morgan fingerprint density at radius 1 is 1.07 bits per heavy atom. The van der Waals surface area contributed by atoms with Gasteiger partial charge < -0.3 is 18.9 Å². The van der Waals surface area contributed by atoms with Gasteiger partial charge >= 0.3 is 0 Å². The summed E-state index contributed by atoms with van der Waals surface area (Å²) in [4.78, 5) is 4.38. The van der Waals surface area contributed by atoms with Crippen molar-refractivity contribution in [3.8, 4) is 17.6 Å². The summed E-state index contributed by atoms with van der Waals surface area (Å²) in [7, 11) is 0. The number of rotatable bonds is 8. The van der Waals surface area contributed by atoms with Gasteiger partial charge in [0.1, 0.15) is 23.1 Å². The summed E-state index contributed by atoms with van der Waals surface area (Å²) in [6.07, 6.45) is 4.27. The van der Waals surface area contributed by atoms with E-state index in [1.165, 1.54) is 0 Å². The van der Waals surface area contributed by atoms with E-state index >= 15 is 0 Å². The zero-order valence-electron chi connectivity index (χ0n) is 18.4. The van der Waals surface area contributed by atoms with Crippen molar-refractivity contribution in [2.75, 3.05) is 13.2 Å². The Bertz CT molecular complexity index is 659. The third-order valence-corrected chi connectivity index (χ3v) is 4.10. The largest absolute Gasteiger partial charge is 0.489 e. The van der Waals surface area contributed by atoms with E-state index in [9.17, 15) is 0 Å². The lowest BCUT2D eigenvalue weighted by molar-refractivity contribution is -0.126. The van der Waals surface area contributed by atoms with Crippen LogP contribution in [0.5, 0.6) is 5.75 Å². The highest BCUT2D eigenvalue weighted by Gasteiger charge is 2.34. The minimum Gasteiger partial charge on any atom is -0.489 e. The molecule has 1 aromatic heterocycles. The smallest absolute Gasteiger partial charge is 0.138 e. The molecule has 1 heterocycles. The van der Waals surface area contributed by atoms with Crippen LogP contribution >= 0.6 is 0 Å². The fraction of sp³-hybridized carbons (Fsp3) is 0.696. The Morgan fingerprint density at radius 3 is 2.36 bits per heavy atom. The highest BCUT2D eigenvalue weighted by Crippen LogP contribution is 2.30. The van der Waals surface area contributed by atoms with Crippen molar-refractivity contribution in [1.29, 1.82) is 0 Å². The summed E-state index contributed by atoms with van der Waals surface area (Å²) >= 11 is 0. The molecule has 1 saturated carbocycles. The molecule has 28 heavy (non-hydrogen) atoms. The van der Waals surface area contributed by atoms with Crippen LogP contribution in [0, 0.1) is 11.8 Å². The SMILES string of the molecule is CC(C)OCCOC(C)(C)C#Cc1ccc(OC2CC(OC(C)(C)C)C2)cn1. The molecule has 156 valence electrons. The number of pyridine rings is 1. The average molecular weight is 390 g/mol. The molecule has 0 spiro atoms. The second kappa shape index (κ2) is 9.73. The molecule has 0 aliphatic heterocycles. The molecule has 1 aliphatic carbocycles. The molecule has 1 aliphatic rings. The van der Waals surface area contributed by atoms with Crippen molar-refractivity contribution in [1.82, 2.24) is 4.98 Å². The van der Waals surface area contributed by atoms with Gasteiger partial charge in [0.2, 0.25) is 0 Å². The molecular formula is C23H35NO4. The molecule has 0 aromatic carbocycles. The van der Waals surface area contributed by atoms with Gasteiger partial charge in [0.15, 0.2) is 0 Å². The first-order chi connectivity index (χ1) is 13.0. The standard InChI is InChI=1S/C23H35NO4/c1-17(2)25-12-13-26-23(6,7)11-10-18-8-9-19(16-24-18)27-20-14-21(15-20)28-22(3,4)5/h8-9,16-17,20-21H,12-15H2,1-7H3. The summed E-state index contributed by atoms with van der Waals surface area (Å²) in [5.41, 5.74) is 0.0479. The van der Waals surface area contributed by atoms with Crippen molar-refractivity contribution >= 4 is 0 Å². The van der Waals surface area contributed by atoms with Gasteiger partial charge in [-0.15, -0.1) is 0 Å². The van der Waals surface area contributed by atoms with Crippen LogP contribution in [0.15, 0.2) is 18.3 Å². The maximum absolute atomic E-state index is 5.95. The van der Waals surface area contributed by atoms with Gasteiger partial charge in [0, 0.05) is 12.8 Å². The van der Waals surface area contributed by atoms with E-state index in [4.69, 9.17) is 18.9 Å². The molecule has 5 nitrogen and oxygen atoms in total. The maximum Gasteiger partial charge on any atom is 0.138 e. The third-order valence-electron chi connectivity index (χ3n) is 4.10. The van der Waals surface area contributed by atoms with Gasteiger partial charge in [-0.1, -0.05) is 5.92 Å². The molecule has 0 N–H and O–H groups in total. The number of aromatic nitrogens is 1. The predicted molar refractivity (Wildman–Crippen MR) is 111 cm³/mol. The number of nitrogens with zero attached hydrogens (tertiary/aromatic N) is 1. The van der Waals surface area contributed by atoms with Gasteiger partial charge in [-0.25, -0.2) is 4.98 Å². The first-order valence-corrected chi connectivity index (χ1v) is 10.1.